The molecule has 154 valence electrons. The molecule has 8 heteroatoms. The summed E-state index contributed by atoms with van der Waals surface area (Å²) in [6.45, 7) is 0.759. The van der Waals surface area contributed by atoms with Crippen LogP contribution in [0.2, 0.25) is 5.15 Å². The van der Waals surface area contributed by atoms with Crippen LogP contribution in [0.15, 0.2) is 30.5 Å². The molecule has 2 heterocycles. The highest BCUT2D eigenvalue weighted by atomic mass is 35.5. The SMILES string of the molecule is CN(C)c1nc(NC2CCC(NCc3cnn(C)c3Cl)CC2)nc2ccccc12. The zero-order valence-corrected chi connectivity index (χ0v) is 17.9. The molecule has 29 heavy (non-hydrogen) atoms. The van der Waals surface area contributed by atoms with E-state index in [0.717, 1.165) is 54.5 Å². The zero-order chi connectivity index (χ0) is 20.4. The fraction of sp³-hybridized carbons (Fsp3) is 0.476. The van der Waals surface area contributed by atoms with Crippen LogP contribution in [0.25, 0.3) is 10.9 Å². The van der Waals surface area contributed by atoms with E-state index in [1.165, 1.54) is 0 Å². The Labute approximate surface area is 176 Å². The van der Waals surface area contributed by atoms with Crippen LogP contribution in [-0.2, 0) is 13.6 Å². The van der Waals surface area contributed by atoms with Crippen LogP contribution in [0.1, 0.15) is 31.2 Å². The van der Waals surface area contributed by atoms with Gasteiger partial charge in [0.1, 0.15) is 11.0 Å². The molecule has 7 nitrogen and oxygen atoms in total. The van der Waals surface area contributed by atoms with Crippen molar-refractivity contribution in [1.82, 2.24) is 25.1 Å². The van der Waals surface area contributed by atoms with E-state index in [0.29, 0.717) is 23.2 Å². The lowest BCUT2D eigenvalue weighted by Gasteiger charge is -2.30. The van der Waals surface area contributed by atoms with Crippen molar-refractivity contribution in [2.45, 2.75) is 44.3 Å². The fourth-order valence-electron chi connectivity index (χ4n) is 3.93. The van der Waals surface area contributed by atoms with Crippen LogP contribution >= 0.6 is 11.6 Å². The van der Waals surface area contributed by atoms with Crippen molar-refractivity contribution in [2.24, 2.45) is 7.05 Å². The number of nitrogens with zero attached hydrogens (tertiary/aromatic N) is 5. The Morgan fingerprint density at radius 1 is 1.10 bits per heavy atom. The molecule has 1 aliphatic carbocycles. The third-order valence-corrected chi connectivity index (χ3v) is 6.07. The lowest BCUT2D eigenvalue weighted by molar-refractivity contribution is 0.352. The van der Waals surface area contributed by atoms with E-state index in [2.05, 4.69) is 21.8 Å². The number of nitrogens with one attached hydrogen (secondary N) is 2. The molecule has 0 radical (unpaired) electrons. The number of para-hydroxylation sites is 1. The third-order valence-electron chi connectivity index (χ3n) is 5.58. The van der Waals surface area contributed by atoms with Gasteiger partial charge in [0.25, 0.3) is 0 Å². The van der Waals surface area contributed by atoms with Crippen molar-refractivity contribution in [3.63, 3.8) is 0 Å². The molecule has 4 rings (SSSR count). The molecule has 1 saturated carbocycles. The normalized spacial score (nSPS) is 19.4. The molecule has 0 atom stereocenters. The molecule has 0 spiro atoms. The van der Waals surface area contributed by atoms with E-state index in [1.54, 1.807) is 4.68 Å². The summed E-state index contributed by atoms with van der Waals surface area (Å²) in [7, 11) is 5.90. The average Bonchev–Trinajstić information content (AvgIpc) is 3.04. The predicted molar refractivity (Wildman–Crippen MR) is 119 cm³/mol. The Hall–Kier alpha value is -2.38. The second kappa shape index (κ2) is 8.55. The molecular weight excluding hydrogens is 386 g/mol. The predicted octanol–water partition coefficient (Wildman–Crippen LogP) is 3.60. The van der Waals surface area contributed by atoms with Gasteiger partial charge in [0.15, 0.2) is 0 Å². The molecule has 3 aromatic rings. The van der Waals surface area contributed by atoms with Gasteiger partial charge in [-0.2, -0.15) is 10.1 Å². The van der Waals surface area contributed by atoms with Crippen LogP contribution in [0.5, 0.6) is 0 Å². The molecule has 0 saturated heterocycles. The van der Waals surface area contributed by atoms with Gasteiger partial charge in [-0.25, -0.2) is 4.98 Å². The summed E-state index contributed by atoms with van der Waals surface area (Å²) in [6.07, 6.45) is 6.24. The minimum Gasteiger partial charge on any atom is -0.362 e. The molecule has 0 unspecified atom stereocenters. The summed E-state index contributed by atoms with van der Waals surface area (Å²) in [6, 6.07) is 9.05. The average molecular weight is 414 g/mol. The highest BCUT2D eigenvalue weighted by Crippen LogP contribution is 2.26. The first-order valence-corrected chi connectivity index (χ1v) is 10.5. The van der Waals surface area contributed by atoms with Crippen molar-refractivity contribution in [3.05, 3.63) is 41.2 Å². The lowest BCUT2D eigenvalue weighted by Crippen LogP contribution is -2.37. The smallest absolute Gasteiger partial charge is 0.225 e. The first-order chi connectivity index (χ1) is 14.0. The summed E-state index contributed by atoms with van der Waals surface area (Å²) in [5.74, 6) is 1.66. The monoisotopic (exact) mass is 413 g/mol. The van der Waals surface area contributed by atoms with Gasteiger partial charge < -0.3 is 15.5 Å². The van der Waals surface area contributed by atoms with Crippen LogP contribution in [0.3, 0.4) is 0 Å². The van der Waals surface area contributed by atoms with Crippen LogP contribution in [0.4, 0.5) is 11.8 Å². The van der Waals surface area contributed by atoms with Gasteiger partial charge in [-0.15, -0.1) is 0 Å². The van der Waals surface area contributed by atoms with Gasteiger partial charge in [0, 0.05) is 50.7 Å². The van der Waals surface area contributed by atoms with E-state index < -0.39 is 0 Å². The van der Waals surface area contributed by atoms with Crippen LogP contribution in [0, 0.1) is 0 Å². The van der Waals surface area contributed by atoms with Crippen LogP contribution in [-0.4, -0.2) is 45.9 Å². The number of hydrogen-bond donors (Lipinski definition) is 2. The van der Waals surface area contributed by atoms with Crippen molar-refractivity contribution in [3.8, 4) is 0 Å². The maximum atomic E-state index is 6.25. The highest BCUT2D eigenvalue weighted by molar-refractivity contribution is 6.30. The van der Waals surface area contributed by atoms with E-state index >= 15 is 0 Å². The number of aryl methyl sites for hydroxylation is 1. The first kappa shape index (κ1) is 19.9. The van der Waals surface area contributed by atoms with E-state index in [1.807, 2.05) is 50.4 Å². The number of aromatic nitrogens is 4. The summed E-state index contributed by atoms with van der Waals surface area (Å²) in [4.78, 5) is 11.5. The number of fused-ring (bicyclic) bond motifs is 1. The molecule has 1 fully saturated rings. The van der Waals surface area contributed by atoms with Crippen molar-refractivity contribution in [1.29, 1.82) is 0 Å². The van der Waals surface area contributed by atoms with E-state index in [4.69, 9.17) is 21.6 Å². The van der Waals surface area contributed by atoms with Crippen molar-refractivity contribution >= 4 is 34.3 Å². The Morgan fingerprint density at radius 2 is 1.83 bits per heavy atom. The minimum absolute atomic E-state index is 0.395. The summed E-state index contributed by atoms with van der Waals surface area (Å²) < 4.78 is 1.70. The summed E-state index contributed by atoms with van der Waals surface area (Å²) in [5, 5.41) is 13.2. The van der Waals surface area contributed by atoms with Crippen molar-refractivity contribution in [2.75, 3.05) is 24.3 Å². The molecule has 1 aliphatic rings. The molecule has 1 aromatic carbocycles. The van der Waals surface area contributed by atoms with Gasteiger partial charge in [0.2, 0.25) is 5.95 Å². The number of hydrogen-bond acceptors (Lipinski definition) is 6. The van der Waals surface area contributed by atoms with Gasteiger partial charge in [-0.1, -0.05) is 23.7 Å². The van der Waals surface area contributed by atoms with Crippen LogP contribution < -0.4 is 15.5 Å². The first-order valence-electron chi connectivity index (χ1n) is 10.1. The van der Waals surface area contributed by atoms with Gasteiger partial charge in [-0.05, 0) is 37.8 Å². The Kier molecular flexibility index (Phi) is 5.87. The Morgan fingerprint density at radius 3 is 2.52 bits per heavy atom. The van der Waals surface area contributed by atoms with E-state index in [-0.39, 0.29) is 0 Å². The minimum atomic E-state index is 0.395. The largest absolute Gasteiger partial charge is 0.362 e. The standard InChI is InChI=1S/C21H28ClN7/c1-28(2)20-17-6-4-5-7-18(17)26-21(27-20)25-16-10-8-15(9-11-16)23-12-14-13-24-29(3)19(14)22/h4-7,13,15-16,23H,8-12H2,1-3H3,(H,25,26,27). The molecule has 0 amide bonds. The summed E-state index contributed by atoms with van der Waals surface area (Å²) in [5.41, 5.74) is 2.02. The lowest BCUT2D eigenvalue weighted by atomic mass is 9.91. The molecule has 2 N–H and O–H groups in total. The zero-order valence-electron chi connectivity index (χ0n) is 17.2. The second-order valence-electron chi connectivity index (χ2n) is 7.94. The Bertz CT molecular complexity index is 976. The maximum Gasteiger partial charge on any atom is 0.225 e. The molecule has 2 aromatic heterocycles. The second-order valence-corrected chi connectivity index (χ2v) is 8.30. The topological polar surface area (TPSA) is 70.9 Å². The quantitative estimate of drug-likeness (QED) is 0.643. The molecule has 0 aliphatic heterocycles. The number of anilines is 2. The maximum absolute atomic E-state index is 6.25. The van der Waals surface area contributed by atoms with Crippen molar-refractivity contribution < 1.29 is 0 Å². The third kappa shape index (κ3) is 4.46. The summed E-state index contributed by atoms with van der Waals surface area (Å²) >= 11 is 6.25. The Balaban J connectivity index is 1.35. The number of halogens is 1. The van der Waals surface area contributed by atoms with E-state index in [9.17, 15) is 0 Å². The molecule has 0 bridgehead atoms. The number of benzene rings is 1. The number of rotatable bonds is 6. The molecular formula is C21H28ClN7. The highest BCUT2D eigenvalue weighted by Gasteiger charge is 2.22. The van der Waals surface area contributed by atoms with Gasteiger partial charge in [-0.3, -0.25) is 4.68 Å². The van der Waals surface area contributed by atoms with Gasteiger partial charge in [0.05, 0.1) is 11.7 Å². The fourth-order valence-corrected chi connectivity index (χ4v) is 4.09. The van der Waals surface area contributed by atoms with Gasteiger partial charge >= 0.3 is 0 Å².